The molecule has 1 aliphatic carbocycles. The minimum Gasteiger partial charge on any atom is -0.493 e. The second-order valence-electron chi connectivity index (χ2n) is 14.6. The summed E-state index contributed by atoms with van der Waals surface area (Å²) >= 11 is 0. The number of fused-ring (bicyclic) bond motifs is 3. The lowest BCUT2D eigenvalue weighted by Crippen LogP contribution is -2.28. The highest BCUT2D eigenvalue weighted by Gasteiger charge is 2.30. The summed E-state index contributed by atoms with van der Waals surface area (Å²) in [5.41, 5.74) is 2.93. The number of unbranched alkanes of at least 4 members (excludes halogenated alkanes) is 7. The van der Waals surface area contributed by atoms with Crippen molar-refractivity contribution in [2.24, 2.45) is 0 Å². The third kappa shape index (κ3) is 13.5. The van der Waals surface area contributed by atoms with Gasteiger partial charge in [0.15, 0.2) is 17.2 Å². The summed E-state index contributed by atoms with van der Waals surface area (Å²) in [7, 11) is 7.73. The normalized spacial score (nSPS) is 16.9. The van der Waals surface area contributed by atoms with Gasteiger partial charge in [0.25, 0.3) is 0 Å². The molecule has 2 N–H and O–H groups in total. The summed E-state index contributed by atoms with van der Waals surface area (Å²) in [6, 6.07) is 6.57. The van der Waals surface area contributed by atoms with E-state index in [1.54, 1.807) is 46.6 Å². The van der Waals surface area contributed by atoms with Crippen LogP contribution in [0, 0.1) is 0 Å². The number of aliphatic hydroxyl groups excluding tert-OH is 1. The molecule has 4 atom stereocenters. The van der Waals surface area contributed by atoms with Gasteiger partial charge in [-0.15, -0.1) is 0 Å². The number of hydrogen-bond donors (Lipinski definition) is 2. The van der Waals surface area contributed by atoms with Gasteiger partial charge in [0, 0.05) is 50.9 Å². The molecular weight excluding hydrogens is 734 g/mol. The fraction of sp³-hybridized carbons (Fsp3) is 0.591. The summed E-state index contributed by atoms with van der Waals surface area (Å²) < 4.78 is 38.6. The number of nitrogens with one attached hydrogen (secondary N) is 1. The highest BCUT2D eigenvalue weighted by molar-refractivity contribution is 5.84. The number of aliphatic hydroxyl groups is 1. The van der Waals surface area contributed by atoms with Gasteiger partial charge in [-0.25, -0.2) is 4.79 Å². The molecule has 4 rings (SSSR count). The minimum absolute atomic E-state index is 0.0615. The quantitative estimate of drug-likeness (QED) is 0.0854. The summed E-state index contributed by atoms with van der Waals surface area (Å²) in [6.07, 6.45) is 13.2. The molecule has 57 heavy (non-hydrogen) atoms. The van der Waals surface area contributed by atoms with Gasteiger partial charge in [-0.2, -0.15) is 0 Å². The van der Waals surface area contributed by atoms with Crippen LogP contribution in [0.1, 0.15) is 113 Å². The molecule has 1 amide bonds. The van der Waals surface area contributed by atoms with Crippen molar-refractivity contribution < 1.29 is 52.6 Å². The number of hydrogen-bond acceptors (Lipinski definition) is 12. The maximum Gasteiger partial charge on any atom is 0.330 e. The Bertz CT molecular complexity index is 1730. The molecule has 13 nitrogen and oxygen atoms in total. The van der Waals surface area contributed by atoms with Gasteiger partial charge in [0.2, 0.25) is 17.1 Å². The van der Waals surface area contributed by atoms with Crippen LogP contribution in [-0.2, 0) is 35.0 Å². The zero-order valence-corrected chi connectivity index (χ0v) is 34.2. The van der Waals surface area contributed by atoms with Crippen LogP contribution in [0.3, 0.4) is 0 Å². The van der Waals surface area contributed by atoms with Gasteiger partial charge in [0.05, 0.1) is 53.3 Å². The van der Waals surface area contributed by atoms with E-state index >= 15 is 0 Å². The lowest BCUT2D eigenvalue weighted by atomic mass is 9.95. The minimum atomic E-state index is -0.684. The zero-order chi connectivity index (χ0) is 41.2. The Labute approximate surface area is 336 Å². The van der Waals surface area contributed by atoms with Crippen LogP contribution in [0.25, 0.3) is 11.1 Å². The first-order chi connectivity index (χ1) is 27.6. The molecule has 0 unspecified atom stereocenters. The second-order valence-corrected chi connectivity index (χ2v) is 14.6. The van der Waals surface area contributed by atoms with Crippen LogP contribution in [0.15, 0.2) is 41.2 Å². The lowest BCUT2D eigenvalue weighted by Gasteiger charge is -2.24. The van der Waals surface area contributed by atoms with Crippen molar-refractivity contribution in [2.45, 2.75) is 127 Å². The van der Waals surface area contributed by atoms with E-state index in [-0.39, 0.29) is 47.8 Å². The van der Waals surface area contributed by atoms with Crippen molar-refractivity contribution in [1.29, 1.82) is 0 Å². The highest BCUT2D eigenvalue weighted by atomic mass is 16.5. The molecule has 0 radical (unpaired) electrons. The first-order valence-electron chi connectivity index (χ1n) is 20.2. The summed E-state index contributed by atoms with van der Waals surface area (Å²) in [5, 5.41) is 13.6. The Kier molecular flexibility index (Phi) is 18.6. The van der Waals surface area contributed by atoms with Crippen molar-refractivity contribution >= 4 is 17.8 Å². The average Bonchev–Trinajstić information content (AvgIpc) is 3.44. The van der Waals surface area contributed by atoms with Crippen molar-refractivity contribution in [1.82, 2.24) is 5.32 Å². The molecule has 1 aliphatic heterocycles. The number of rotatable bonds is 24. The SMILES string of the molecule is COc1cc2c(c(OC)c1OC)-c1ccc(OC)c(=O)cc1[C@@H](NC(=O)CCCCCCCCCCC(=O)OCC[C@H](C[C@H](O)C[C@@H]1CC=CC(=O)O1)OC)CC2. The molecular formula is C44H61NO12. The fourth-order valence-corrected chi connectivity index (χ4v) is 7.62. The number of carbonyl (C=O) groups excluding carboxylic acids is 3. The Hall–Kier alpha value is -4.62. The van der Waals surface area contributed by atoms with E-state index in [9.17, 15) is 24.3 Å². The molecule has 314 valence electrons. The maximum atomic E-state index is 13.3. The Morgan fingerprint density at radius 3 is 2.19 bits per heavy atom. The topological polar surface area (TPSA) is 165 Å². The number of methoxy groups -OCH3 is 5. The highest BCUT2D eigenvalue weighted by Crippen LogP contribution is 2.50. The van der Waals surface area contributed by atoms with Crippen LogP contribution in [0.4, 0.5) is 0 Å². The molecule has 0 saturated heterocycles. The van der Waals surface area contributed by atoms with Crippen molar-refractivity contribution in [3.63, 3.8) is 0 Å². The predicted octanol–water partition coefficient (Wildman–Crippen LogP) is 6.71. The standard InChI is InChI=1S/C44H61NO12/c1-51-31(26-30(46)27-32-15-14-18-41(50)57-32)23-24-56-40(49)17-13-11-9-7-6-8-10-12-16-39(48)45-35-21-19-29-25-38(53-3)43(54-4)44(55-5)42(29)33-20-22-37(52-2)36(47)28-34(33)35/h14,18,20,22,25,28,30-32,35,46H,6-13,15-17,19,21,23-24,26-27H2,1-5H3,(H,45,48)/t30-,31+,32-,35-/m0/s1. The van der Waals surface area contributed by atoms with Crippen LogP contribution >= 0.6 is 0 Å². The number of aryl methyl sites for hydroxylation is 1. The van der Waals surface area contributed by atoms with Gasteiger partial charge in [-0.3, -0.25) is 14.4 Å². The molecule has 2 aliphatic rings. The molecule has 0 fully saturated rings. The average molecular weight is 796 g/mol. The van der Waals surface area contributed by atoms with Gasteiger partial charge in [0.1, 0.15) is 6.10 Å². The van der Waals surface area contributed by atoms with Gasteiger partial charge in [-0.1, -0.05) is 50.7 Å². The zero-order valence-electron chi connectivity index (χ0n) is 34.2. The molecule has 0 saturated carbocycles. The lowest BCUT2D eigenvalue weighted by molar-refractivity contribution is -0.145. The number of amides is 1. The number of esters is 2. The van der Waals surface area contributed by atoms with E-state index in [1.165, 1.54) is 13.2 Å². The van der Waals surface area contributed by atoms with Crippen molar-refractivity contribution in [3.8, 4) is 34.1 Å². The first-order valence-corrected chi connectivity index (χ1v) is 20.2. The van der Waals surface area contributed by atoms with Crippen molar-refractivity contribution in [2.75, 3.05) is 42.2 Å². The molecule has 2 aromatic rings. The van der Waals surface area contributed by atoms with E-state index in [1.807, 2.05) is 12.1 Å². The smallest absolute Gasteiger partial charge is 0.330 e. The largest absolute Gasteiger partial charge is 0.493 e. The fourth-order valence-electron chi connectivity index (χ4n) is 7.62. The number of benzene rings is 1. The molecule has 2 aromatic carbocycles. The van der Waals surface area contributed by atoms with E-state index in [2.05, 4.69) is 5.32 Å². The molecule has 0 spiro atoms. The van der Waals surface area contributed by atoms with E-state index in [0.29, 0.717) is 74.2 Å². The Morgan fingerprint density at radius 1 is 0.860 bits per heavy atom. The van der Waals surface area contributed by atoms with Crippen molar-refractivity contribution in [3.05, 3.63) is 57.8 Å². The Morgan fingerprint density at radius 2 is 1.54 bits per heavy atom. The summed E-state index contributed by atoms with van der Waals surface area (Å²) in [6.45, 7) is 0.223. The third-order valence-corrected chi connectivity index (χ3v) is 10.6. The molecule has 13 heteroatoms. The predicted molar refractivity (Wildman–Crippen MR) is 215 cm³/mol. The van der Waals surface area contributed by atoms with E-state index < -0.39 is 12.1 Å². The van der Waals surface area contributed by atoms with Crippen LogP contribution in [0.5, 0.6) is 23.0 Å². The van der Waals surface area contributed by atoms with Crippen LogP contribution in [-0.4, -0.2) is 83.4 Å². The van der Waals surface area contributed by atoms with Gasteiger partial charge in [-0.05, 0) is 67.0 Å². The summed E-state index contributed by atoms with van der Waals surface area (Å²) in [5.74, 6) is 1.01. The molecule has 0 aromatic heterocycles. The Balaban J connectivity index is 1.13. The second kappa shape index (κ2) is 23.6. The maximum absolute atomic E-state index is 13.3. The monoisotopic (exact) mass is 795 g/mol. The molecule has 1 heterocycles. The van der Waals surface area contributed by atoms with Crippen LogP contribution < -0.4 is 29.7 Å². The number of cyclic esters (lactones) is 1. The van der Waals surface area contributed by atoms with Gasteiger partial charge < -0.3 is 43.6 Å². The molecule has 0 bridgehead atoms. The van der Waals surface area contributed by atoms with E-state index in [0.717, 1.165) is 68.1 Å². The van der Waals surface area contributed by atoms with E-state index in [4.69, 9.17) is 33.2 Å². The van der Waals surface area contributed by atoms with Gasteiger partial charge >= 0.3 is 11.9 Å². The van der Waals surface area contributed by atoms with Crippen LogP contribution in [0.2, 0.25) is 0 Å². The third-order valence-electron chi connectivity index (χ3n) is 10.6. The summed E-state index contributed by atoms with van der Waals surface area (Å²) in [4.78, 5) is 50.0. The first kappa shape index (κ1) is 45.1. The number of carbonyl (C=O) groups is 3. The number of ether oxygens (including phenoxy) is 7.